The van der Waals surface area contributed by atoms with E-state index >= 15 is 0 Å². The maximum absolute atomic E-state index is 12.2. The number of allylic oxidation sites excluding steroid dienone is 1. The lowest BCUT2D eigenvalue weighted by atomic mass is 9.87. The summed E-state index contributed by atoms with van der Waals surface area (Å²) in [5.74, 6) is -0.920. The highest BCUT2D eigenvalue weighted by Crippen LogP contribution is 2.24. The van der Waals surface area contributed by atoms with Gasteiger partial charge in [0.05, 0.1) is 5.92 Å². The first-order chi connectivity index (χ1) is 10.6. The zero-order valence-electron chi connectivity index (χ0n) is 12.9. The summed E-state index contributed by atoms with van der Waals surface area (Å²) in [6.07, 6.45) is 5.78. The second-order valence-electron chi connectivity index (χ2n) is 5.90. The van der Waals surface area contributed by atoms with Gasteiger partial charge in [0.15, 0.2) is 0 Å². The van der Waals surface area contributed by atoms with Gasteiger partial charge in [-0.25, -0.2) is 0 Å². The van der Waals surface area contributed by atoms with Gasteiger partial charge in [-0.2, -0.15) is 0 Å². The molecule has 0 radical (unpaired) electrons. The Hall–Kier alpha value is -2.10. The Balaban J connectivity index is 1.76. The summed E-state index contributed by atoms with van der Waals surface area (Å²) >= 11 is 0. The van der Waals surface area contributed by atoms with Gasteiger partial charge >= 0.3 is 5.97 Å². The third-order valence-electron chi connectivity index (χ3n) is 4.21. The molecule has 1 aromatic carbocycles. The predicted molar refractivity (Wildman–Crippen MR) is 86.2 cm³/mol. The molecule has 1 aromatic rings. The van der Waals surface area contributed by atoms with Gasteiger partial charge in [0.2, 0.25) is 5.91 Å². The topological polar surface area (TPSA) is 57.6 Å². The summed E-state index contributed by atoms with van der Waals surface area (Å²) < 4.78 is 0. The molecule has 4 nitrogen and oxygen atoms in total. The molecule has 118 valence electrons. The van der Waals surface area contributed by atoms with Crippen molar-refractivity contribution in [1.29, 1.82) is 0 Å². The lowest BCUT2D eigenvalue weighted by molar-refractivity contribution is -0.148. The molecule has 1 saturated heterocycles. The molecule has 0 aromatic heterocycles. The van der Waals surface area contributed by atoms with Crippen LogP contribution in [0.4, 0.5) is 0 Å². The Morgan fingerprint density at radius 3 is 2.68 bits per heavy atom. The zero-order valence-corrected chi connectivity index (χ0v) is 12.9. The van der Waals surface area contributed by atoms with E-state index in [1.165, 1.54) is 0 Å². The number of carbonyl (C=O) groups is 2. The lowest BCUT2D eigenvalue weighted by Gasteiger charge is -2.35. The van der Waals surface area contributed by atoms with E-state index in [0.717, 1.165) is 5.56 Å². The van der Waals surface area contributed by atoms with E-state index in [-0.39, 0.29) is 17.7 Å². The molecule has 1 N–H and O–H groups in total. The van der Waals surface area contributed by atoms with Gasteiger partial charge in [-0.3, -0.25) is 9.59 Å². The molecule has 1 fully saturated rings. The lowest BCUT2D eigenvalue weighted by Crippen LogP contribution is -2.44. The quantitative estimate of drug-likeness (QED) is 0.909. The number of rotatable bonds is 5. The highest BCUT2D eigenvalue weighted by atomic mass is 16.4. The molecule has 22 heavy (non-hydrogen) atoms. The minimum atomic E-state index is -0.745. The number of nitrogens with zero attached hydrogens (tertiary/aromatic N) is 1. The molecule has 1 aliphatic heterocycles. The van der Waals surface area contributed by atoms with Crippen molar-refractivity contribution in [1.82, 2.24) is 4.90 Å². The van der Waals surface area contributed by atoms with Crippen LogP contribution in [0.1, 0.15) is 31.7 Å². The zero-order chi connectivity index (χ0) is 15.9. The second kappa shape index (κ2) is 7.78. The number of likely N-dealkylation sites (tertiary alicyclic amines) is 1. The van der Waals surface area contributed by atoms with Crippen molar-refractivity contribution in [2.75, 3.05) is 13.1 Å². The molecule has 2 rings (SSSR count). The molecule has 0 bridgehead atoms. The van der Waals surface area contributed by atoms with Crippen molar-refractivity contribution < 1.29 is 14.7 Å². The van der Waals surface area contributed by atoms with Crippen LogP contribution in [0.2, 0.25) is 0 Å². The molecule has 2 atom stereocenters. The predicted octanol–water partition coefficient (Wildman–Crippen LogP) is 3.05. The van der Waals surface area contributed by atoms with Crippen LogP contribution in [0.5, 0.6) is 0 Å². The Kier molecular flexibility index (Phi) is 5.75. The number of hydrogen-bond acceptors (Lipinski definition) is 2. The Morgan fingerprint density at radius 1 is 1.32 bits per heavy atom. The highest BCUT2D eigenvalue weighted by Gasteiger charge is 2.32. The SMILES string of the molecule is CC1CN(C(=O)CC/C=C/c2ccccc2)CCC1C(=O)O. The van der Waals surface area contributed by atoms with E-state index in [4.69, 9.17) is 5.11 Å². The van der Waals surface area contributed by atoms with Crippen LogP contribution in [0.15, 0.2) is 36.4 Å². The average Bonchev–Trinajstić information content (AvgIpc) is 2.52. The van der Waals surface area contributed by atoms with E-state index in [1.54, 1.807) is 4.90 Å². The Labute approximate surface area is 131 Å². The fourth-order valence-electron chi connectivity index (χ4n) is 2.89. The normalized spacial score (nSPS) is 22.0. The van der Waals surface area contributed by atoms with Crippen molar-refractivity contribution in [2.45, 2.75) is 26.2 Å². The maximum atomic E-state index is 12.2. The number of amides is 1. The standard InChI is InChI=1S/C18H23NO3/c1-14-13-19(12-11-16(14)18(21)22)17(20)10-6-5-9-15-7-3-2-4-8-15/h2-5,7-9,14,16H,6,10-13H2,1H3,(H,21,22)/b9-5+. The molecule has 2 unspecified atom stereocenters. The van der Waals surface area contributed by atoms with Crippen LogP contribution in [0.25, 0.3) is 6.08 Å². The number of carbonyl (C=O) groups excluding carboxylic acids is 1. The summed E-state index contributed by atoms with van der Waals surface area (Å²) in [5, 5.41) is 9.10. The van der Waals surface area contributed by atoms with Crippen LogP contribution in [0.3, 0.4) is 0 Å². The van der Waals surface area contributed by atoms with Crippen molar-refractivity contribution >= 4 is 18.0 Å². The van der Waals surface area contributed by atoms with Crippen molar-refractivity contribution in [3.8, 4) is 0 Å². The van der Waals surface area contributed by atoms with Crippen LogP contribution in [-0.4, -0.2) is 35.0 Å². The number of carboxylic acids is 1. The van der Waals surface area contributed by atoms with Crippen LogP contribution in [0, 0.1) is 11.8 Å². The van der Waals surface area contributed by atoms with E-state index < -0.39 is 5.97 Å². The minimum Gasteiger partial charge on any atom is -0.481 e. The fraction of sp³-hybridized carbons (Fsp3) is 0.444. The summed E-state index contributed by atoms with van der Waals surface area (Å²) in [7, 11) is 0. The molecule has 0 spiro atoms. The molecular formula is C18H23NO3. The number of hydrogen-bond donors (Lipinski definition) is 1. The molecular weight excluding hydrogens is 278 g/mol. The number of benzene rings is 1. The van der Waals surface area contributed by atoms with Gasteiger partial charge in [0, 0.05) is 19.5 Å². The first-order valence-corrected chi connectivity index (χ1v) is 7.80. The second-order valence-corrected chi connectivity index (χ2v) is 5.90. The Morgan fingerprint density at radius 2 is 2.05 bits per heavy atom. The molecule has 0 saturated carbocycles. The number of carboxylic acid groups (broad SMARTS) is 1. The first-order valence-electron chi connectivity index (χ1n) is 7.80. The summed E-state index contributed by atoms with van der Waals surface area (Å²) in [4.78, 5) is 25.1. The summed E-state index contributed by atoms with van der Waals surface area (Å²) in [6, 6.07) is 9.99. The average molecular weight is 301 g/mol. The van der Waals surface area contributed by atoms with Crippen LogP contribution in [-0.2, 0) is 9.59 Å². The van der Waals surface area contributed by atoms with E-state index in [9.17, 15) is 9.59 Å². The molecule has 0 aliphatic carbocycles. The van der Waals surface area contributed by atoms with Gasteiger partial charge in [-0.15, -0.1) is 0 Å². The highest BCUT2D eigenvalue weighted by molar-refractivity contribution is 5.77. The molecule has 1 amide bonds. The van der Waals surface area contributed by atoms with Gasteiger partial charge in [0.25, 0.3) is 0 Å². The molecule has 1 aliphatic rings. The Bertz CT molecular complexity index is 539. The van der Waals surface area contributed by atoms with Gasteiger partial charge in [-0.05, 0) is 24.3 Å². The molecule has 4 heteroatoms. The van der Waals surface area contributed by atoms with E-state index in [1.807, 2.05) is 49.4 Å². The smallest absolute Gasteiger partial charge is 0.306 e. The van der Waals surface area contributed by atoms with Crippen LogP contribution < -0.4 is 0 Å². The number of piperidine rings is 1. The van der Waals surface area contributed by atoms with Crippen LogP contribution >= 0.6 is 0 Å². The van der Waals surface area contributed by atoms with Gasteiger partial charge in [-0.1, -0.05) is 49.4 Å². The summed E-state index contributed by atoms with van der Waals surface area (Å²) in [5.41, 5.74) is 1.13. The van der Waals surface area contributed by atoms with E-state index in [0.29, 0.717) is 32.4 Å². The third-order valence-corrected chi connectivity index (χ3v) is 4.21. The van der Waals surface area contributed by atoms with Gasteiger partial charge < -0.3 is 10.0 Å². The van der Waals surface area contributed by atoms with Gasteiger partial charge in [0.1, 0.15) is 0 Å². The monoisotopic (exact) mass is 301 g/mol. The maximum Gasteiger partial charge on any atom is 0.306 e. The van der Waals surface area contributed by atoms with E-state index in [2.05, 4.69) is 0 Å². The summed E-state index contributed by atoms with van der Waals surface area (Å²) in [6.45, 7) is 3.02. The fourth-order valence-corrected chi connectivity index (χ4v) is 2.89. The largest absolute Gasteiger partial charge is 0.481 e. The van der Waals surface area contributed by atoms with Crippen molar-refractivity contribution in [3.05, 3.63) is 42.0 Å². The number of aliphatic carboxylic acids is 1. The minimum absolute atomic E-state index is 0.0232. The first kappa shape index (κ1) is 16.3. The third kappa shape index (κ3) is 4.45. The molecule has 1 heterocycles. The van der Waals surface area contributed by atoms with Crippen molar-refractivity contribution in [3.63, 3.8) is 0 Å². The van der Waals surface area contributed by atoms with Crippen molar-refractivity contribution in [2.24, 2.45) is 11.8 Å².